The number of rotatable bonds is 4. The van der Waals surface area contributed by atoms with Gasteiger partial charge in [0.15, 0.2) is 0 Å². The third-order valence-corrected chi connectivity index (χ3v) is 4.91. The lowest BCUT2D eigenvalue weighted by atomic mass is 9.92. The minimum absolute atomic E-state index is 0.0921. The summed E-state index contributed by atoms with van der Waals surface area (Å²) in [4.78, 5) is 12.2. The Hall–Kier alpha value is -1.35. The summed E-state index contributed by atoms with van der Waals surface area (Å²) >= 11 is 6.16. The van der Waals surface area contributed by atoms with Crippen molar-refractivity contribution in [3.8, 4) is 0 Å². The van der Waals surface area contributed by atoms with Gasteiger partial charge in [0.25, 0.3) is 0 Å². The highest BCUT2D eigenvalue weighted by molar-refractivity contribution is 6.31. The van der Waals surface area contributed by atoms with Crippen LogP contribution in [-0.4, -0.2) is 12.5 Å². The van der Waals surface area contributed by atoms with E-state index in [1.807, 2.05) is 0 Å². The molecule has 0 heterocycles. The maximum atomic E-state index is 13.2. The summed E-state index contributed by atoms with van der Waals surface area (Å²) < 4.78 is 13.2. The van der Waals surface area contributed by atoms with Crippen LogP contribution in [0.1, 0.15) is 37.7 Å². The van der Waals surface area contributed by atoms with Gasteiger partial charge in [-0.15, -0.1) is 0 Å². The van der Waals surface area contributed by atoms with Gasteiger partial charge in [-0.2, -0.15) is 0 Å². The van der Waals surface area contributed by atoms with Crippen LogP contribution in [0.2, 0.25) is 5.02 Å². The molecule has 2 aliphatic carbocycles. The number of carbonyl (C=O) groups excluding carboxylic acids is 1. The molecule has 1 aromatic rings. The molecule has 1 atom stereocenters. The van der Waals surface area contributed by atoms with Gasteiger partial charge >= 0.3 is 0 Å². The second kappa shape index (κ2) is 5.80. The molecule has 1 amide bonds. The predicted molar refractivity (Wildman–Crippen MR) is 81.8 cm³/mol. The summed E-state index contributed by atoms with van der Waals surface area (Å²) in [6.45, 7) is 0.595. The van der Waals surface area contributed by atoms with E-state index in [4.69, 9.17) is 11.6 Å². The Labute approximate surface area is 129 Å². The molecule has 1 saturated carbocycles. The van der Waals surface area contributed by atoms with Crippen molar-refractivity contribution in [2.75, 3.05) is 6.54 Å². The number of allylic oxidation sites excluding steroid dienone is 2. The first-order valence-corrected chi connectivity index (χ1v) is 7.87. The largest absolute Gasteiger partial charge is 0.355 e. The molecule has 112 valence electrons. The third-order valence-electron chi connectivity index (χ3n) is 4.60. The number of halogens is 2. The van der Waals surface area contributed by atoms with Crippen LogP contribution < -0.4 is 5.32 Å². The van der Waals surface area contributed by atoms with Crippen LogP contribution >= 0.6 is 11.6 Å². The van der Waals surface area contributed by atoms with E-state index in [1.54, 1.807) is 6.07 Å². The summed E-state index contributed by atoms with van der Waals surface area (Å²) in [6.07, 6.45) is 8.92. The van der Waals surface area contributed by atoms with E-state index in [9.17, 15) is 9.18 Å². The minimum Gasteiger partial charge on any atom is -0.355 e. The third kappa shape index (κ3) is 3.13. The summed E-state index contributed by atoms with van der Waals surface area (Å²) in [6, 6.07) is 4.54. The molecule has 3 rings (SSSR count). The molecule has 0 aliphatic heterocycles. The van der Waals surface area contributed by atoms with Gasteiger partial charge in [-0.3, -0.25) is 4.79 Å². The molecule has 0 radical (unpaired) electrons. The summed E-state index contributed by atoms with van der Waals surface area (Å²) in [5, 5.41) is 3.53. The Morgan fingerprint density at radius 2 is 2.19 bits per heavy atom. The van der Waals surface area contributed by atoms with E-state index in [0.29, 0.717) is 11.6 Å². The number of benzene rings is 1. The lowest BCUT2D eigenvalue weighted by molar-refractivity contribution is -0.125. The molecule has 0 saturated heterocycles. The van der Waals surface area contributed by atoms with Crippen molar-refractivity contribution in [3.63, 3.8) is 0 Å². The SMILES string of the molecule is O=C(NCC1(c2ccc(F)cc2Cl)CC1)[C@@H]1CC=CCC1. The van der Waals surface area contributed by atoms with Crippen LogP contribution in [0.15, 0.2) is 30.4 Å². The molecule has 4 heteroatoms. The second-order valence-corrected chi connectivity index (χ2v) is 6.51. The fourth-order valence-corrected chi connectivity index (χ4v) is 3.41. The van der Waals surface area contributed by atoms with E-state index >= 15 is 0 Å². The molecule has 2 aliphatic rings. The average molecular weight is 308 g/mol. The Bertz CT molecular complexity index is 580. The van der Waals surface area contributed by atoms with Gasteiger partial charge in [0.1, 0.15) is 5.82 Å². The Morgan fingerprint density at radius 3 is 2.81 bits per heavy atom. The normalized spacial score (nSPS) is 22.9. The van der Waals surface area contributed by atoms with Gasteiger partial charge in [0, 0.05) is 22.9 Å². The van der Waals surface area contributed by atoms with Crippen LogP contribution in [0.3, 0.4) is 0 Å². The van der Waals surface area contributed by atoms with E-state index in [-0.39, 0.29) is 23.1 Å². The standard InChI is InChI=1S/C17H19ClFNO/c18-15-10-13(19)6-7-14(15)17(8-9-17)11-20-16(21)12-4-2-1-3-5-12/h1-2,6-7,10,12H,3-5,8-9,11H2,(H,20,21)/t12-/m1/s1. The highest BCUT2D eigenvalue weighted by Gasteiger charge is 2.45. The first-order valence-electron chi connectivity index (χ1n) is 7.49. The van der Waals surface area contributed by atoms with Gasteiger partial charge in [0.05, 0.1) is 0 Å². The number of nitrogens with one attached hydrogen (secondary N) is 1. The van der Waals surface area contributed by atoms with Crippen LogP contribution in [0.5, 0.6) is 0 Å². The molecule has 0 aromatic heterocycles. The quantitative estimate of drug-likeness (QED) is 0.838. The van der Waals surface area contributed by atoms with Gasteiger partial charge in [-0.05, 0) is 49.8 Å². The van der Waals surface area contributed by atoms with Crippen LogP contribution in [-0.2, 0) is 10.2 Å². The van der Waals surface area contributed by atoms with Crippen LogP contribution in [0.4, 0.5) is 4.39 Å². The zero-order chi connectivity index (χ0) is 14.9. The Morgan fingerprint density at radius 1 is 1.38 bits per heavy atom. The molecule has 0 bridgehead atoms. The molecule has 1 N–H and O–H groups in total. The monoisotopic (exact) mass is 307 g/mol. The van der Waals surface area contributed by atoms with E-state index in [1.165, 1.54) is 12.1 Å². The van der Waals surface area contributed by atoms with E-state index in [2.05, 4.69) is 17.5 Å². The summed E-state index contributed by atoms with van der Waals surface area (Å²) in [5.74, 6) is -0.101. The Balaban J connectivity index is 1.64. The van der Waals surface area contributed by atoms with E-state index in [0.717, 1.165) is 37.7 Å². The topological polar surface area (TPSA) is 29.1 Å². The highest BCUT2D eigenvalue weighted by atomic mass is 35.5. The number of hydrogen-bond donors (Lipinski definition) is 1. The van der Waals surface area contributed by atoms with Crippen LogP contribution in [0.25, 0.3) is 0 Å². The number of carbonyl (C=O) groups is 1. The first-order chi connectivity index (χ1) is 10.1. The van der Waals surface area contributed by atoms with Gasteiger partial charge in [-0.25, -0.2) is 4.39 Å². The molecular weight excluding hydrogens is 289 g/mol. The van der Waals surface area contributed by atoms with Crippen molar-refractivity contribution < 1.29 is 9.18 Å². The summed E-state index contributed by atoms with van der Waals surface area (Å²) in [5.41, 5.74) is 0.861. The fourth-order valence-electron chi connectivity index (χ4n) is 3.04. The van der Waals surface area contributed by atoms with Crippen molar-refractivity contribution in [1.82, 2.24) is 5.32 Å². The maximum absolute atomic E-state index is 13.2. The van der Waals surface area contributed by atoms with Crippen molar-refractivity contribution in [3.05, 3.63) is 46.8 Å². The van der Waals surface area contributed by atoms with Crippen LogP contribution in [0, 0.1) is 11.7 Å². The summed E-state index contributed by atoms with van der Waals surface area (Å²) in [7, 11) is 0. The highest BCUT2D eigenvalue weighted by Crippen LogP contribution is 2.50. The van der Waals surface area contributed by atoms with Gasteiger partial charge < -0.3 is 5.32 Å². The number of amides is 1. The molecule has 21 heavy (non-hydrogen) atoms. The maximum Gasteiger partial charge on any atom is 0.223 e. The minimum atomic E-state index is -0.322. The Kier molecular flexibility index (Phi) is 4.03. The zero-order valence-electron chi connectivity index (χ0n) is 11.9. The fraction of sp³-hybridized carbons (Fsp3) is 0.471. The predicted octanol–water partition coefficient (Wildman–Crippen LogP) is 3.98. The van der Waals surface area contributed by atoms with Crippen molar-refractivity contribution >= 4 is 17.5 Å². The van der Waals surface area contributed by atoms with Crippen molar-refractivity contribution in [2.45, 2.75) is 37.5 Å². The zero-order valence-corrected chi connectivity index (χ0v) is 12.6. The molecule has 1 aromatic carbocycles. The number of hydrogen-bond acceptors (Lipinski definition) is 1. The average Bonchev–Trinajstić information content (AvgIpc) is 3.26. The molecule has 0 spiro atoms. The van der Waals surface area contributed by atoms with Crippen molar-refractivity contribution in [2.24, 2.45) is 5.92 Å². The smallest absolute Gasteiger partial charge is 0.223 e. The van der Waals surface area contributed by atoms with Gasteiger partial charge in [-0.1, -0.05) is 29.8 Å². The first kappa shape index (κ1) is 14.6. The molecule has 2 nitrogen and oxygen atoms in total. The molecule has 1 fully saturated rings. The van der Waals surface area contributed by atoms with Crippen molar-refractivity contribution in [1.29, 1.82) is 0 Å². The lowest BCUT2D eigenvalue weighted by Crippen LogP contribution is -2.36. The molecular formula is C17H19ClFNO. The van der Waals surface area contributed by atoms with E-state index < -0.39 is 0 Å². The van der Waals surface area contributed by atoms with Gasteiger partial charge in [0.2, 0.25) is 5.91 Å². The lowest BCUT2D eigenvalue weighted by Gasteiger charge is -2.21. The second-order valence-electron chi connectivity index (χ2n) is 6.10. The molecule has 0 unspecified atom stereocenters.